The average molecular weight is 217 g/mol. The zero-order valence-electron chi connectivity index (χ0n) is 7.60. The highest BCUT2D eigenvalue weighted by atomic mass is 35.5. The molecular formula is C9H13ClN2O2. The van der Waals surface area contributed by atoms with Gasteiger partial charge in [-0.25, -0.2) is 0 Å². The summed E-state index contributed by atoms with van der Waals surface area (Å²) in [5.41, 5.74) is 6.46. The minimum Gasteiger partial charge on any atom is -0.398 e. The van der Waals surface area contributed by atoms with Crippen LogP contribution in [0.3, 0.4) is 0 Å². The van der Waals surface area contributed by atoms with E-state index in [1.165, 1.54) is 12.4 Å². The van der Waals surface area contributed by atoms with E-state index in [9.17, 15) is 10.2 Å². The van der Waals surface area contributed by atoms with Crippen LogP contribution in [-0.4, -0.2) is 27.2 Å². The predicted molar refractivity (Wildman–Crippen MR) is 55.0 cm³/mol. The van der Waals surface area contributed by atoms with E-state index in [4.69, 9.17) is 17.3 Å². The SMILES string of the molecule is Nc1ccncc1C(O)C(O)CCCl. The second kappa shape index (κ2) is 5.14. The summed E-state index contributed by atoms with van der Waals surface area (Å²) >= 11 is 5.45. The molecule has 4 N–H and O–H groups in total. The van der Waals surface area contributed by atoms with Crippen molar-refractivity contribution < 1.29 is 10.2 Å². The van der Waals surface area contributed by atoms with Crippen molar-refractivity contribution in [3.05, 3.63) is 24.0 Å². The van der Waals surface area contributed by atoms with Gasteiger partial charge in [0.1, 0.15) is 6.10 Å². The van der Waals surface area contributed by atoms with Crippen LogP contribution in [0.5, 0.6) is 0 Å². The van der Waals surface area contributed by atoms with Gasteiger partial charge < -0.3 is 15.9 Å². The van der Waals surface area contributed by atoms with E-state index in [0.29, 0.717) is 23.6 Å². The van der Waals surface area contributed by atoms with Crippen LogP contribution in [0, 0.1) is 0 Å². The van der Waals surface area contributed by atoms with Crippen LogP contribution in [0.2, 0.25) is 0 Å². The summed E-state index contributed by atoms with van der Waals surface area (Å²) in [5.74, 6) is 0.290. The number of rotatable bonds is 4. The number of halogens is 1. The van der Waals surface area contributed by atoms with E-state index in [1.54, 1.807) is 6.07 Å². The van der Waals surface area contributed by atoms with Crippen molar-refractivity contribution in [3.63, 3.8) is 0 Å². The van der Waals surface area contributed by atoms with Crippen molar-refractivity contribution in [1.29, 1.82) is 0 Å². The maximum absolute atomic E-state index is 9.67. The van der Waals surface area contributed by atoms with E-state index in [2.05, 4.69) is 4.98 Å². The summed E-state index contributed by atoms with van der Waals surface area (Å²) in [5, 5.41) is 19.2. The van der Waals surface area contributed by atoms with Crippen molar-refractivity contribution in [2.75, 3.05) is 11.6 Å². The molecule has 0 saturated heterocycles. The highest BCUT2D eigenvalue weighted by molar-refractivity contribution is 6.17. The molecule has 2 atom stereocenters. The van der Waals surface area contributed by atoms with Gasteiger partial charge in [-0.15, -0.1) is 11.6 Å². The number of anilines is 1. The first-order valence-corrected chi connectivity index (χ1v) is 4.81. The smallest absolute Gasteiger partial charge is 0.108 e. The molecule has 78 valence electrons. The Balaban J connectivity index is 2.78. The van der Waals surface area contributed by atoms with Gasteiger partial charge >= 0.3 is 0 Å². The van der Waals surface area contributed by atoms with Crippen LogP contribution in [0.15, 0.2) is 18.5 Å². The molecule has 0 bridgehead atoms. The minimum absolute atomic E-state index is 0.290. The van der Waals surface area contributed by atoms with Gasteiger partial charge in [-0.2, -0.15) is 0 Å². The second-order valence-electron chi connectivity index (χ2n) is 2.99. The standard InChI is InChI=1S/C9H13ClN2O2/c10-3-1-8(13)9(14)6-5-12-4-2-7(6)11/h2,4-5,8-9,13-14H,1,3H2,(H2,11,12). The Morgan fingerprint density at radius 2 is 2.21 bits per heavy atom. The third-order valence-electron chi connectivity index (χ3n) is 1.98. The number of hydrogen-bond acceptors (Lipinski definition) is 4. The maximum Gasteiger partial charge on any atom is 0.108 e. The average Bonchev–Trinajstić information content (AvgIpc) is 2.18. The van der Waals surface area contributed by atoms with Gasteiger partial charge in [0.15, 0.2) is 0 Å². The Labute approximate surface area is 87.3 Å². The van der Waals surface area contributed by atoms with Gasteiger partial charge in [-0.05, 0) is 12.5 Å². The fourth-order valence-corrected chi connectivity index (χ4v) is 1.37. The number of aliphatic hydroxyl groups excluding tert-OH is 2. The maximum atomic E-state index is 9.67. The van der Waals surface area contributed by atoms with Crippen molar-refractivity contribution in [1.82, 2.24) is 4.98 Å². The molecule has 0 aliphatic heterocycles. The molecule has 4 nitrogen and oxygen atoms in total. The summed E-state index contributed by atoms with van der Waals surface area (Å²) in [6.45, 7) is 0. The lowest BCUT2D eigenvalue weighted by molar-refractivity contribution is 0.0172. The highest BCUT2D eigenvalue weighted by Gasteiger charge is 2.19. The van der Waals surface area contributed by atoms with E-state index in [-0.39, 0.29) is 0 Å². The van der Waals surface area contributed by atoms with E-state index in [0.717, 1.165) is 0 Å². The molecule has 0 aliphatic rings. The molecule has 14 heavy (non-hydrogen) atoms. The second-order valence-corrected chi connectivity index (χ2v) is 3.37. The predicted octanol–water partition coefficient (Wildman–Crippen LogP) is 0.687. The Hall–Kier alpha value is -0.840. The number of aliphatic hydroxyl groups is 2. The zero-order valence-corrected chi connectivity index (χ0v) is 8.35. The van der Waals surface area contributed by atoms with Gasteiger partial charge in [0.25, 0.3) is 0 Å². The number of aromatic nitrogens is 1. The first-order valence-electron chi connectivity index (χ1n) is 4.28. The van der Waals surface area contributed by atoms with Crippen LogP contribution in [0.1, 0.15) is 18.1 Å². The molecule has 1 aromatic rings. The molecule has 0 radical (unpaired) electrons. The molecule has 0 amide bonds. The third kappa shape index (κ3) is 2.57. The summed E-state index contributed by atoms with van der Waals surface area (Å²) < 4.78 is 0. The van der Waals surface area contributed by atoms with E-state index in [1.807, 2.05) is 0 Å². The normalized spacial score (nSPS) is 15.1. The first kappa shape index (κ1) is 11.2. The van der Waals surface area contributed by atoms with Gasteiger partial charge in [0, 0.05) is 29.5 Å². The minimum atomic E-state index is -1.03. The molecule has 0 aromatic carbocycles. The molecule has 0 aliphatic carbocycles. The largest absolute Gasteiger partial charge is 0.398 e. The lowest BCUT2D eigenvalue weighted by Gasteiger charge is -2.17. The van der Waals surface area contributed by atoms with Crippen molar-refractivity contribution in [2.45, 2.75) is 18.6 Å². The van der Waals surface area contributed by atoms with Gasteiger partial charge in [0.2, 0.25) is 0 Å². The molecule has 1 aromatic heterocycles. The number of nitrogen functional groups attached to an aromatic ring is 1. The fraction of sp³-hybridized carbons (Fsp3) is 0.444. The lowest BCUT2D eigenvalue weighted by Crippen LogP contribution is -2.19. The molecule has 2 unspecified atom stereocenters. The number of hydrogen-bond donors (Lipinski definition) is 3. The van der Waals surface area contributed by atoms with E-state index >= 15 is 0 Å². The number of alkyl halides is 1. The Morgan fingerprint density at radius 3 is 2.79 bits per heavy atom. The molecule has 0 fully saturated rings. The van der Waals surface area contributed by atoms with Gasteiger partial charge in [0.05, 0.1) is 6.10 Å². The Kier molecular flexibility index (Phi) is 4.13. The Morgan fingerprint density at radius 1 is 1.50 bits per heavy atom. The number of pyridine rings is 1. The van der Waals surface area contributed by atoms with Gasteiger partial charge in [-0.3, -0.25) is 4.98 Å². The van der Waals surface area contributed by atoms with E-state index < -0.39 is 12.2 Å². The monoisotopic (exact) mass is 216 g/mol. The van der Waals surface area contributed by atoms with Crippen molar-refractivity contribution in [3.8, 4) is 0 Å². The molecular weight excluding hydrogens is 204 g/mol. The van der Waals surface area contributed by atoms with Crippen LogP contribution < -0.4 is 5.73 Å². The van der Waals surface area contributed by atoms with Crippen LogP contribution in [0.25, 0.3) is 0 Å². The quantitative estimate of drug-likeness (QED) is 0.647. The third-order valence-corrected chi connectivity index (χ3v) is 2.19. The van der Waals surface area contributed by atoms with Crippen LogP contribution >= 0.6 is 11.6 Å². The highest BCUT2D eigenvalue weighted by Crippen LogP contribution is 2.23. The Bertz CT molecular complexity index is 296. The summed E-state index contributed by atoms with van der Waals surface area (Å²) in [7, 11) is 0. The molecule has 0 spiro atoms. The topological polar surface area (TPSA) is 79.4 Å². The van der Waals surface area contributed by atoms with Gasteiger partial charge in [-0.1, -0.05) is 0 Å². The van der Waals surface area contributed by atoms with Crippen molar-refractivity contribution in [2.24, 2.45) is 0 Å². The zero-order chi connectivity index (χ0) is 10.6. The first-order chi connectivity index (χ1) is 6.66. The summed E-state index contributed by atoms with van der Waals surface area (Å²) in [6.07, 6.45) is 1.36. The molecule has 1 rings (SSSR count). The van der Waals surface area contributed by atoms with Crippen molar-refractivity contribution >= 4 is 17.3 Å². The molecule has 1 heterocycles. The number of nitrogens with two attached hydrogens (primary N) is 1. The lowest BCUT2D eigenvalue weighted by atomic mass is 10.0. The molecule has 5 heteroatoms. The number of nitrogens with zero attached hydrogens (tertiary/aromatic N) is 1. The van der Waals surface area contributed by atoms with Crippen LogP contribution in [-0.2, 0) is 0 Å². The van der Waals surface area contributed by atoms with Crippen LogP contribution in [0.4, 0.5) is 5.69 Å². The molecule has 0 saturated carbocycles. The summed E-state index contributed by atoms with van der Waals surface area (Å²) in [6, 6.07) is 1.58. The summed E-state index contributed by atoms with van der Waals surface area (Å²) in [4.78, 5) is 3.83. The fourth-order valence-electron chi connectivity index (χ4n) is 1.14.